The van der Waals surface area contributed by atoms with E-state index in [0.717, 1.165) is 49.8 Å². The molecule has 6 heteroatoms. The summed E-state index contributed by atoms with van der Waals surface area (Å²) in [6, 6.07) is 6.50. The molecular formula is C26H33N3O3. The monoisotopic (exact) mass is 435 g/mol. The minimum atomic E-state index is -0.557. The first-order valence-electron chi connectivity index (χ1n) is 11.5. The van der Waals surface area contributed by atoms with Crippen molar-refractivity contribution in [1.82, 2.24) is 9.97 Å². The van der Waals surface area contributed by atoms with Gasteiger partial charge in [-0.3, -0.25) is 14.6 Å². The van der Waals surface area contributed by atoms with Crippen LogP contribution in [0.25, 0.3) is 11.3 Å². The number of aromatic nitrogens is 2. The van der Waals surface area contributed by atoms with Crippen LogP contribution >= 0.6 is 0 Å². The molecule has 32 heavy (non-hydrogen) atoms. The molecule has 6 nitrogen and oxygen atoms in total. The molecule has 1 fully saturated rings. The molecule has 0 saturated heterocycles. The highest BCUT2D eigenvalue weighted by Gasteiger charge is 2.43. The molecule has 0 atom stereocenters. The molecule has 2 N–H and O–H groups in total. The molecule has 1 amide bonds. The van der Waals surface area contributed by atoms with Crippen LogP contribution in [0.3, 0.4) is 0 Å². The summed E-state index contributed by atoms with van der Waals surface area (Å²) in [5, 5.41) is 0. The number of rotatable bonds is 3. The number of amides is 1. The molecule has 1 heterocycles. The maximum absolute atomic E-state index is 12.5. The van der Waals surface area contributed by atoms with Gasteiger partial charge in [0.25, 0.3) is 5.91 Å². The van der Waals surface area contributed by atoms with Crippen LogP contribution in [0.4, 0.5) is 0 Å². The van der Waals surface area contributed by atoms with Crippen LogP contribution in [0, 0.1) is 19.8 Å². The first-order valence-corrected chi connectivity index (χ1v) is 11.5. The van der Waals surface area contributed by atoms with Crippen molar-refractivity contribution in [1.29, 1.82) is 0 Å². The van der Waals surface area contributed by atoms with Gasteiger partial charge in [0.15, 0.2) is 0 Å². The Labute approximate surface area is 190 Å². The molecule has 1 aromatic carbocycles. The zero-order chi connectivity index (χ0) is 23.3. The van der Waals surface area contributed by atoms with E-state index in [2.05, 4.69) is 28.2 Å². The molecule has 2 aromatic rings. The average Bonchev–Trinajstić information content (AvgIpc) is 3.04. The predicted octanol–water partition coefficient (Wildman–Crippen LogP) is 4.58. The van der Waals surface area contributed by atoms with Crippen molar-refractivity contribution in [2.75, 3.05) is 0 Å². The van der Waals surface area contributed by atoms with Crippen LogP contribution in [-0.2, 0) is 21.4 Å². The van der Waals surface area contributed by atoms with E-state index in [0.29, 0.717) is 11.4 Å². The quantitative estimate of drug-likeness (QED) is 0.712. The van der Waals surface area contributed by atoms with Crippen LogP contribution in [0.1, 0.15) is 85.9 Å². The molecule has 0 radical (unpaired) electrons. The van der Waals surface area contributed by atoms with Crippen molar-refractivity contribution in [2.45, 2.75) is 84.2 Å². The van der Waals surface area contributed by atoms with Crippen molar-refractivity contribution in [2.24, 2.45) is 11.7 Å². The van der Waals surface area contributed by atoms with E-state index in [4.69, 9.17) is 10.5 Å². The Morgan fingerprint density at radius 3 is 2.38 bits per heavy atom. The van der Waals surface area contributed by atoms with Crippen LogP contribution in [-0.4, -0.2) is 27.4 Å². The molecule has 2 aliphatic carbocycles. The number of nitrogens with zero attached hydrogens (tertiary/aromatic N) is 2. The second kappa shape index (κ2) is 7.98. The Kier molecular flexibility index (Phi) is 5.60. The highest BCUT2D eigenvalue weighted by atomic mass is 16.6. The molecule has 0 bridgehead atoms. The van der Waals surface area contributed by atoms with E-state index in [9.17, 15) is 9.59 Å². The van der Waals surface area contributed by atoms with Gasteiger partial charge < -0.3 is 10.5 Å². The molecule has 0 unspecified atom stereocenters. The lowest BCUT2D eigenvalue weighted by atomic mass is 9.67. The molecule has 1 aromatic heterocycles. The number of hydrogen-bond donors (Lipinski definition) is 1. The van der Waals surface area contributed by atoms with Gasteiger partial charge in [0.05, 0.1) is 23.0 Å². The number of carbonyl (C=O) groups is 2. The Morgan fingerprint density at radius 2 is 1.75 bits per heavy atom. The normalized spacial score (nSPS) is 22.6. The topological polar surface area (TPSA) is 95.2 Å². The standard InChI is InChI=1S/C26H33N3O3/c1-15-21(29-22(23(27)30)16(2)28-15)19-6-7-20-18(14-19)10-13-26(20)11-8-17(9-12-26)24(31)32-25(3,4)5/h6-7,14,17H,8-13H2,1-5H3,(H2,27,30). The number of carbonyl (C=O) groups excluding carboxylic acids is 2. The minimum Gasteiger partial charge on any atom is -0.460 e. The second-order valence-corrected chi connectivity index (χ2v) is 10.4. The second-order valence-electron chi connectivity index (χ2n) is 10.4. The van der Waals surface area contributed by atoms with E-state index in [1.54, 1.807) is 6.92 Å². The SMILES string of the molecule is Cc1nc(C)c(-c2ccc3c(c2)CCC32CCC(C(=O)OC(C)(C)C)CC2)nc1C(N)=O. The van der Waals surface area contributed by atoms with Crippen molar-refractivity contribution in [3.63, 3.8) is 0 Å². The Morgan fingerprint density at radius 1 is 1.06 bits per heavy atom. The number of ether oxygens (including phenoxy) is 1. The highest BCUT2D eigenvalue weighted by Crippen LogP contribution is 2.50. The maximum Gasteiger partial charge on any atom is 0.309 e. The van der Waals surface area contributed by atoms with Crippen LogP contribution in [0.15, 0.2) is 18.2 Å². The first kappa shape index (κ1) is 22.4. The smallest absolute Gasteiger partial charge is 0.309 e. The van der Waals surface area contributed by atoms with Crippen LogP contribution in [0.5, 0.6) is 0 Å². The van der Waals surface area contributed by atoms with Gasteiger partial charge in [-0.25, -0.2) is 4.98 Å². The number of aryl methyl sites for hydroxylation is 3. The number of benzene rings is 1. The zero-order valence-corrected chi connectivity index (χ0v) is 19.7. The van der Waals surface area contributed by atoms with Gasteiger partial charge in [-0.1, -0.05) is 12.1 Å². The fourth-order valence-corrected chi connectivity index (χ4v) is 5.42. The van der Waals surface area contributed by atoms with Crippen molar-refractivity contribution in [3.8, 4) is 11.3 Å². The van der Waals surface area contributed by atoms with Gasteiger partial charge in [0.1, 0.15) is 11.3 Å². The van der Waals surface area contributed by atoms with E-state index < -0.39 is 11.5 Å². The van der Waals surface area contributed by atoms with E-state index in [-0.39, 0.29) is 23.0 Å². The summed E-state index contributed by atoms with van der Waals surface area (Å²) >= 11 is 0. The van der Waals surface area contributed by atoms with Crippen LogP contribution < -0.4 is 5.73 Å². The van der Waals surface area contributed by atoms with Gasteiger partial charge in [-0.05, 0) is 95.8 Å². The summed E-state index contributed by atoms with van der Waals surface area (Å²) in [6.45, 7) is 9.43. The van der Waals surface area contributed by atoms with E-state index in [1.807, 2.05) is 27.7 Å². The van der Waals surface area contributed by atoms with Crippen molar-refractivity contribution >= 4 is 11.9 Å². The van der Waals surface area contributed by atoms with Crippen molar-refractivity contribution < 1.29 is 14.3 Å². The Bertz CT molecular complexity index is 1080. The molecule has 1 saturated carbocycles. The molecule has 2 aliphatic rings. The summed E-state index contributed by atoms with van der Waals surface area (Å²) < 4.78 is 5.62. The summed E-state index contributed by atoms with van der Waals surface area (Å²) in [7, 11) is 0. The lowest BCUT2D eigenvalue weighted by molar-refractivity contribution is -0.161. The van der Waals surface area contributed by atoms with E-state index >= 15 is 0 Å². The third-order valence-electron chi connectivity index (χ3n) is 6.98. The number of esters is 1. The zero-order valence-electron chi connectivity index (χ0n) is 19.7. The molecular weight excluding hydrogens is 402 g/mol. The number of hydrogen-bond acceptors (Lipinski definition) is 5. The lowest BCUT2D eigenvalue weighted by Gasteiger charge is -2.38. The van der Waals surface area contributed by atoms with Crippen molar-refractivity contribution in [3.05, 3.63) is 46.4 Å². The van der Waals surface area contributed by atoms with Gasteiger partial charge >= 0.3 is 5.97 Å². The summed E-state index contributed by atoms with van der Waals surface area (Å²) in [5.41, 5.74) is 11.2. The predicted molar refractivity (Wildman–Crippen MR) is 123 cm³/mol. The number of fused-ring (bicyclic) bond motifs is 2. The van der Waals surface area contributed by atoms with E-state index in [1.165, 1.54) is 11.1 Å². The van der Waals surface area contributed by atoms with Gasteiger partial charge in [0, 0.05) is 5.56 Å². The maximum atomic E-state index is 12.5. The van der Waals surface area contributed by atoms with Gasteiger partial charge in [-0.15, -0.1) is 0 Å². The molecule has 170 valence electrons. The highest BCUT2D eigenvalue weighted by molar-refractivity contribution is 5.92. The Hall–Kier alpha value is -2.76. The minimum absolute atomic E-state index is 0.000811. The Balaban J connectivity index is 1.56. The fraction of sp³-hybridized carbons (Fsp3) is 0.538. The summed E-state index contributed by atoms with van der Waals surface area (Å²) in [4.78, 5) is 33.3. The largest absolute Gasteiger partial charge is 0.460 e. The lowest BCUT2D eigenvalue weighted by Crippen LogP contribution is -2.35. The third-order valence-corrected chi connectivity index (χ3v) is 6.98. The number of nitrogens with two attached hydrogens (primary N) is 1. The first-order chi connectivity index (χ1) is 15.0. The van der Waals surface area contributed by atoms with Crippen LogP contribution in [0.2, 0.25) is 0 Å². The third kappa shape index (κ3) is 4.15. The van der Waals surface area contributed by atoms with Gasteiger partial charge in [-0.2, -0.15) is 0 Å². The molecule has 4 rings (SSSR count). The van der Waals surface area contributed by atoms with Gasteiger partial charge in [0.2, 0.25) is 0 Å². The number of primary amides is 1. The average molecular weight is 436 g/mol. The fourth-order valence-electron chi connectivity index (χ4n) is 5.42. The molecule has 0 aliphatic heterocycles. The molecule has 1 spiro atoms. The summed E-state index contributed by atoms with van der Waals surface area (Å²) in [5.74, 6) is -0.612. The summed E-state index contributed by atoms with van der Waals surface area (Å²) in [6.07, 6.45) is 5.90.